The number of nitrogens with one attached hydrogen (secondary N) is 1. The summed E-state index contributed by atoms with van der Waals surface area (Å²) in [6.45, 7) is 5.78. The van der Waals surface area contributed by atoms with Gasteiger partial charge in [-0.05, 0) is 61.7 Å². The summed E-state index contributed by atoms with van der Waals surface area (Å²) in [4.78, 5) is 29.9. The Morgan fingerprint density at radius 3 is 2.09 bits per heavy atom. The summed E-state index contributed by atoms with van der Waals surface area (Å²) < 4.78 is 29.4. The van der Waals surface area contributed by atoms with Gasteiger partial charge in [-0.1, -0.05) is 114 Å². The molecule has 0 saturated heterocycles. The Kier molecular flexibility index (Phi) is 12.3. The highest BCUT2D eigenvalue weighted by molar-refractivity contribution is 7.92. The van der Waals surface area contributed by atoms with Crippen LogP contribution in [0.5, 0.6) is 0 Å². The molecule has 4 aromatic carbocycles. The molecule has 1 N–H and O–H groups in total. The molecule has 0 aliphatic carbocycles. The van der Waals surface area contributed by atoms with Crippen molar-refractivity contribution in [3.63, 3.8) is 0 Å². The summed E-state index contributed by atoms with van der Waals surface area (Å²) in [5, 5.41) is 3.36. The van der Waals surface area contributed by atoms with Gasteiger partial charge in [0.2, 0.25) is 11.8 Å². The molecule has 7 nitrogen and oxygen atoms in total. The van der Waals surface area contributed by atoms with Gasteiger partial charge in [-0.25, -0.2) is 8.42 Å². The first-order chi connectivity index (χ1) is 22.0. The zero-order valence-electron chi connectivity index (χ0n) is 26.2. The van der Waals surface area contributed by atoms with Crippen LogP contribution < -0.4 is 9.62 Å². The van der Waals surface area contributed by atoms with Crippen LogP contribution in [-0.2, 0) is 32.6 Å². The summed E-state index contributed by atoms with van der Waals surface area (Å²) in [7, 11) is -4.30. The molecule has 0 aliphatic heterocycles. The second-order valence-electron chi connectivity index (χ2n) is 11.3. The fourth-order valence-electron chi connectivity index (χ4n) is 4.98. The summed E-state index contributed by atoms with van der Waals surface area (Å²) in [6, 6.07) is 27.0. The number of carbonyl (C=O) groups excluding carboxylic acids is 2. The first-order valence-corrected chi connectivity index (χ1v) is 17.4. The van der Waals surface area contributed by atoms with E-state index in [1.165, 1.54) is 29.2 Å². The van der Waals surface area contributed by atoms with Crippen molar-refractivity contribution in [3.8, 4) is 0 Å². The molecule has 4 rings (SSSR count). The number of hydrogen-bond acceptors (Lipinski definition) is 4. The molecule has 0 unspecified atom stereocenters. The van der Waals surface area contributed by atoms with Crippen LogP contribution in [0.1, 0.15) is 42.0 Å². The minimum atomic E-state index is -4.30. The molecule has 0 aromatic heterocycles. The van der Waals surface area contributed by atoms with Crippen molar-refractivity contribution in [2.24, 2.45) is 0 Å². The molecule has 2 amide bonds. The van der Waals surface area contributed by atoms with Gasteiger partial charge in [0.05, 0.1) is 15.6 Å². The molecule has 4 aromatic rings. The van der Waals surface area contributed by atoms with Crippen molar-refractivity contribution in [1.29, 1.82) is 0 Å². The van der Waals surface area contributed by atoms with E-state index < -0.39 is 28.5 Å². The number of aryl methyl sites for hydroxylation is 2. The number of sulfonamides is 1. The van der Waals surface area contributed by atoms with E-state index in [9.17, 15) is 18.0 Å². The molecule has 242 valence electrons. The predicted molar refractivity (Wildman–Crippen MR) is 186 cm³/mol. The highest BCUT2D eigenvalue weighted by Crippen LogP contribution is 2.33. The fourth-order valence-corrected chi connectivity index (χ4v) is 6.84. The van der Waals surface area contributed by atoms with Crippen molar-refractivity contribution < 1.29 is 18.0 Å². The van der Waals surface area contributed by atoms with E-state index in [2.05, 4.69) is 5.32 Å². The lowest BCUT2D eigenvalue weighted by molar-refractivity contribution is -0.140. The second-order valence-corrected chi connectivity index (χ2v) is 14.0. The van der Waals surface area contributed by atoms with E-state index >= 15 is 0 Å². The van der Waals surface area contributed by atoms with Crippen LogP contribution in [0.15, 0.2) is 102 Å². The lowest BCUT2D eigenvalue weighted by atomic mass is 10.0. The van der Waals surface area contributed by atoms with Gasteiger partial charge in [0, 0.05) is 24.5 Å². The molecule has 0 aliphatic rings. The van der Waals surface area contributed by atoms with Gasteiger partial charge in [0.25, 0.3) is 10.0 Å². The number of hydrogen-bond donors (Lipinski definition) is 1. The van der Waals surface area contributed by atoms with Crippen LogP contribution in [0.3, 0.4) is 0 Å². The standard InChI is InChI=1S/C36H39Cl2N3O4S/c1-4-5-21-39-36(43)34(22-28-9-7-6-8-10-28)40(24-29-15-11-26(2)12-16-29)35(42)25-41(33-23-30(37)17-20-32(33)38)46(44,45)31-18-13-27(3)14-19-31/h6-20,23,34H,4-5,21-22,24-25H2,1-3H3,(H,39,43)/t34-/m0/s1. The number of nitrogens with zero attached hydrogens (tertiary/aromatic N) is 2. The van der Waals surface area contributed by atoms with Gasteiger partial charge in [-0.15, -0.1) is 0 Å². The van der Waals surface area contributed by atoms with Gasteiger partial charge in [-0.2, -0.15) is 0 Å². The number of halogens is 2. The summed E-state index contributed by atoms with van der Waals surface area (Å²) >= 11 is 12.9. The fraction of sp³-hybridized carbons (Fsp3) is 0.278. The zero-order chi connectivity index (χ0) is 33.3. The van der Waals surface area contributed by atoms with Gasteiger partial charge >= 0.3 is 0 Å². The Balaban J connectivity index is 1.81. The third-order valence-electron chi connectivity index (χ3n) is 7.64. The van der Waals surface area contributed by atoms with Crippen molar-refractivity contribution >= 4 is 50.7 Å². The van der Waals surface area contributed by atoms with Crippen LogP contribution in [0.2, 0.25) is 10.0 Å². The monoisotopic (exact) mass is 679 g/mol. The van der Waals surface area contributed by atoms with Crippen LogP contribution in [0, 0.1) is 13.8 Å². The highest BCUT2D eigenvalue weighted by Gasteiger charge is 2.35. The summed E-state index contributed by atoms with van der Waals surface area (Å²) in [5.74, 6) is -0.884. The first-order valence-electron chi connectivity index (χ1n) is 15.2. The van der Waals surface area contributed by atoms with Crippen molar-refractivity contribution in [2.75, 3.05) is 17.4 Å². The number of unbranched alkanes of at least 4 members (excludes halogenated alkanes) is 1. The maximum Gasteiger partial charge on any atom is 0.264 e. The van der Waals surface area contributed by atoms with Crippen LogP contribution >= 0.6 is 23.2 Å². The topological polar surface area (TPSA) is 86.8 Å². The van der Waals surface area contributed by atoms with Gasteiger partial charge in [-0.3, -0.25) is 13.9 Å². The van der Waals surface area contributed by atoms with Crippen molar-refractivity contribution in [3.05, 3.63) is 129 Å². The Morgan fingerprint density at radius 1 is 0.826 bits per heavy atom. The van der Waals surface area contributed by atoms with E-state index in [-0.39, 0.29) is 39.5 Å². The minimum Gasteiger partial charge on any atom is -0.354 e. The Labute approximate surface area is 282 Å². The lowest BCUT2D eigenvalue weighted by Crippen LogP contribution is -2.53. The number of amides is 2. The molecule has 10 heteroatoms. The van der Waals surface area contributed by atoms with Crippen LogP contribution in [0.4, 0.5) is 5.69 Å². The predicted octanol–water partition coefficient (Wildman–Crippen LogP) is 7.36. The van der Waals surface area contributed by atoms with Crippen molar-refractivity contribution in [2.45, 2.75) is 57.5 Å². The average molecular weight is 681 g/mol. The highest BCUT2D eigenvalue weighted by atomic mass is 35.5. The zero-order valence-corrected chi connectivity index (χ0v) is 28.6. The third kappa shape index (κ3) is 9.12. The summed E-state index contributed by atoms with van der Waals surface area (Å²) in [5.41, 5.74) is 3.65. The number of carbonyl (C=O) groups is 2. The molecule has 0 radical (unpaired) electrons. The molecule has 0 saturated carbocycles. The molecule has 0 heterocycles. The second kappa shape index (κ2) is 16.1. The van der Waals surface area contributed by atoms with Gasteiger partial charge in [0.1, 0.15) is 12.6 Å². The van der Waals surface area contributed by atoms with Gasteiger partial charge < -0.3 is 10.2 Å². The molecular weight excluding hydrogens is 641 g/mol. The van der Waals surface area contributed by atoms with E-state index in [0.29, 0.717) is 6.54 Å². The Bertz CT molecular complexity index is 1730. The van der Waals surface area contributed by atoms with E-state index in [1.54, 1.807) is 18.2 Å². The van der Waals surface area contributed by atoms with Gasteiger partial charge in [0.15, 0.2) is 0 Å². The number of anilines is 1. The summed E-state index contributed by atoms with van der Waals surface area (Å²) in [6.07, 6.45) is 1.91. The first kappa shape index (κ1) is 35.0. The molecule has 0 bridgehead atoms. The number of rotatable bonds is 14. The Hall–Kier alpha value is -3.85. The van der Waals surface area contributed by atoms with E-state index in [0.717, 1.165) is 39.4 Å². The largest absolute Gasteiger partial charge is 0.354 e. The van der Waals surface area contributed by atoms with E-state index in [4.69, 9.17) is 23.2 Å². The molecular formula is C36H39Cl2N3O4S. The van der Waals surface area contributed by atoms with E-state index in [1.807, 2.05) is 75.4 Å². The minimum absolute atomic E-state index is 0.00910. The maximum absolute atomic E-state index is 14.6. The molecule has 0 fully saturated rings. The average Bonchev–Trinajstić information content (AvgIpc) is 3.04. The molecule has 0 spiro atoms. The third-order valence-corrected chi connectivity index (χ3v) is 9.97. The Morgan fingerprint density at radius 2 is 1.46 bits per heavy atom. The van der Waals surface area contributed by atoms with Crippen molar-refractivity contribution in [1.82, 2.24) is 10.2 Å². The molecule has 46 heavy (non-hydrogen) atoms. The molecule has 1 atom stereocenters. The lowest BCUT2D eigenvalue weighted by Gasteiger charge is -2.34. The SMILES string of the molecule is CCCCNC(=O)[C@H](Cc1ccccc1)N(Cc1ccc(C)cc1)C(=O)CN(c1cc(Cl)ccc1Cl)S(=O)(=O)c1ccc(C)cc1. The smallest absolute Gasteiger partial charge is 0.264 e. The normalized spacial score (nSPS) is 11.9. The maximum atomic E-state index is 14.6. The van der Waals surface area contributed by atoms with Crippen LogP contribution in [-0.4, -0.2) is 44.3 Å². The quantitative estimate of drug-likeness (QED) is 0.141. The van der Waals surface area contributed by atoms with Crippen LogP contribution in [0.25, 0.3) is 0 Å². The number of benzene rings is 4.